The summed E-state index contributed by atoms with van der Waals surface area (Å²) in [5.41, 5.74) is 2.57. The van der Waals surface area contributed by atoms with E-state index in [4.69, 9.17) is 9.73 Å². The Balaban J connectivity index is 1.92. The van der Waals surface area contributed by atoms with Gasteiger partial charge in [-0.1, -0.05) is 12.1 Å². The van der Waals surface area contributed by atoms with E-state index in [1.54, 1.807) is 0 Å². The molecule has 1 heterocycles. The summed E-state index contributed by atoms with van der Waals surface area (Å²) in [7, 11) is 2.12. The monoisotopic (exact) mass is 346 g/mol. The van der Waals surface area contributed by atoms with Crippen molar-refractivity contribution < 1.29 is 4.74 Å². The zero-order valence-electron chi connectivity index (χ0n) is 16.3. The number of nitrogens with zero attached hydrogens (tertiary/aromatic N) is 3. The van der Waals surface area contributed by atoms with Crippen molar-refractivity contribution in [3.63, 3.8) is 0 Å². The zero-order valence-corrected chi connectivity index (χ0v) is 16.3. The van der Waals surface area contributed by atoms with E-state index in [0.717, 1.165) is 58.3 Å². The minimum absolute atomic E-state index is 0.619. The van der Waals surface area contributed by atoms with Crippen LogP contribution in [0.2, 0.25) is 0 Å². The van der Waals surface area contributed by atoms with E-state index in [2.05, 4.69) is 67.2 Å². The normalized spacial score (nSPS) is 17.6. The Hall–Kier alpha value is -1.75. The van der Waals surface area contributed by atoms with E-state index in [9.17, 15) is 0 Å². The molecule has 1 aromatic rings. The molecule has 0 saturated carbocycles. The third-order valence-corrected chi connectivity index (χ3v) is 4.63. The van der Waals surface area contributed by atoms with Crippen molar-refractivity contribution in [2.45, 2.75) is 27.2 Å². The van der Waals surface area contributed by atoms with Gasteiger partial charge < -0.3 is 19.9 Å². The molecule has 5 heteroatoms. The van der Waals surface area contributed by atoms with Crippen LogP contribution in [0.4, 0.5) is 5.69 Å². The molecule has 1 atom stereocenters. The number of hydrogen-bond acceptors (Lipinski definition) is 3. The van der Waals surface area contributed by atoms with Gasteiger partial charge in [-0.2, -0.15) is 0 Å². The first-order chi connectivity index (χ1) is 12.1. The lowest BCUT2D eigenvalue weighted by Crippen LogP contribution is -2.42. The van der Waals surface area contributed by atoms with Crippen LogP contribution in [-0.4, -0.2) is 63.8 Å². The molecule has 25 heavy (non-hydrogen) atoms. The molecule has 0 bridgehead atoms. The summed E-state index contributed by atoms with van der Waals surface area (Å²) in [5.74, 6) is 1.61. The first-order valence-corrected chi connectivity index (χ1v) is 9.52. The molecule has 1 N–H and O–H groups in total. The Kier molecular flexibility index (Phi) is 8.06. The fourth-order valence-corrected chi connectivity index (χ4v) is 3.24. The van der Waals surface area contributed by atoms with Gasteiger partial charge in [-0.25, -0.2) is 0 Å². The fourth-order valence-electron chi connectivity index (χ4n) is 3.24. The fraction of sp³-hybridized carbons (Fsp3) is 0.650. The highest BCUT2D eigenvalue weighted by Crippen LogP contribution is 2.15. The van der Waals surface area contributed by atoms with Crippen LogP contribution in [-0.2, 0) is 4.74 Å². The van der Waals surface area contributed by atoms with E-state index in [1.807, 2.05) is 0 Å². The molecular formula is C20H34N4O. The van der Waals surface area contributed by atoms with Crippen molar-refractivity contribution in [2.24, 2.45) is 10.9 Å². The van der Waals surface area contributed by atoms with Crippen LogP contribution in [0, 0.1) is 12.8 Å². The molecule has 0 aromatic heterocycles. The Morgan fingerprint density at radius 1 is 1.36 bits per heavy atom. The largest absolute Gasteiger partial charge is 0.381 e. The number of aryl methyl sites for hydroxylation is 1. The van der Waals surface area contributed by atoms with Gasteiger partial charge in [0.15, 0.2) is 5.96 Å². The van der Waals surface area contributed by atoms with E-state index >= 15 is 0 Å². The quantitative estimate of drug-likeness (QED) is 0.580. The van der Waals surface area contributed by atoms with Gasteiger partial charge >= 0.3 is 0 Å². The topological polar surface area (TPSA) is 40.1 Å². The summed E-state index contributed by atoms with van der Waals surface area (Å²) in [5, 5.41) is 3.41. The standard InChI is InChI=1S/C20H34N4O/c1-5-21-20(23(4)15-18-10-13-25-16-18)22-11-12-24(6-2)19-9-7-8-17(3)14-19/h7-9,14,18H,5-6,10-13,15-16H2,1-4H3,(H,21,22). The summed E-state index contributed by atoms with van der Waals surface area (Å²) in [6, 6.07) is 8.68. The number of anilines is 1. The first-order valence-electron chi connectivity index (χ1n) is 9.52. The number of nitrogens with one attached hydrogen (secondary N) is 1. The van der Waals surface area contributed by atoms with Crippen LogP contribution >= 0.6 is 0 Å². The lowest BCUT2D eigenvalue weighted by Gasteiger charge is -2.26. The van der Waals surface area contributed by atoms with E-state index in [1.165, 1.54) is 11.3 Å². The lowest BCUT2D eigenvalue weighted by atomic mass is 10.1. The second-order valence-electron chi connectivity index (χ2n) is 6.76. The summed E-state index contributed by atoms with van der Waals surface area (Å²) >= 11 is 0. The third-order valence-electron chi connectivity index (χ3n) is 4.63. The van der Waals surface area contributed by atoms with Gasteiger partial charge in [0.2, 0.25) is 0 Å². The number of likely N-dealkylation sites (N-methyl/N-ethyl adjacent to an activating group) is 1. The van der Waals surface area contributed by atoms with Gasteiger partial charge in [0.05, 0.1) is 13.2 Å². The molecule has 1 aromatic carbocycles. The number of guanidine groups is 1. The van der Waals surface area contributed by atoms with Crippen molar-refractivity contribution in [1.82, 2.24) is 10.2 Å². The van der Waals surface area contributed by atoms with Gasteiger partial charge in [-0.05, 0) is 44.9 Å². The molecule has 5 nitrogen and oxygen atoms in total. The first kappa shape index (κ1) is 19.6. The molecule has 2 rings (SSSR count). The lowest BCUT2D eigenvalue weighted by molar-refractivity contribution is 0.181. The molecule has 1 fully saturated rings. The van der Waals surface area contributed by atoms with Gasteiger partial charge in [0, 0.05) is 51.4 Å². The van der Waals surface area contributed by atoms with Gasteiger partial charge in [-0.3, -0.25) is 4.99 Å². The second-order valence-corrected chi connectivity index (χ2v) is 6.76. The molecule has 0 spiro atoms. The maximum absolute atomic E-state index is 5.49. The number of ether oxygens (including phenoxy) is 1. The molecule has 1 aliphatic rings. The van der Waals surface area contributed by atoms with Crippen molar-refractivity contribution >= 4 is 11.6 Å². The van der Waals surface area contributed by atoms with Gasteiger partial charge in [-0.15, -0.1) is 0 Å². The number of aliphatic imine (C=N–C) groups is 1. The SMILES string of the molecule is CCNC(=NCCN(CC)c1cccc(C)c1)N(C)CC1CCOC1. The molecule has 1 unspecified atom stereocenters. The van der Waals surface area contributed by atoms with E-state index in [-0.39, 0.29) is 0 Å². The summed E-state index contributed by atoms with van der Waals surface area (Å²) in [6.07, 6.45) is 1.15. The highest BCUT2D eigenvalue weighted by atomic mass is 16.5. The Morgan fingerprint density at radius 2 is 2.20 bits per heavy atom. The maximum atomic E-state index is 5.49. The Bertz CT molecular complexity index is 540. The van der Waals surface area contributed by atoms with E-state index < -0.39 is 0 Å². The van der Waals surface area contributed by atoms with Crippen LogP contribution < -0.4 is 10.2 Å². The predicted molar refractivity (Wildman–Crippen MR) is 107 cm³/mol. The zero-order chi connectivity index (χ0) is 18.1. The Labute approximate surface area is 153 Å². The summed E-state index contributed by atoms with van der Waals surface area (Å²) < 4.78 is 5.49. The molecule has 0 radical (unpaired) electrons. The van der Waals surface area contributed by atoms with Crippen molar-refractivity contribution in [2.75, 3.05) is 57.9 Å². The molecule has 0 aliphatic carbocycles. The summed E-state index contributed by atoms with van der Waals surface area (Å²) in [6.45, 7) is 12.8. The number of hydrogen-bond donors (Lipinski definition) is 1. The minimum Gasteiger partial charge on any atom is -0.381 e. The molecule has 1 aliphatic heterocycles. The van der Waals surface area contributed by atoms with E-state index in [0.29, 0.717) is 5.92 Å². The Morgan fingerprint density at radius 3 is 2.84 bits per heavy atom. The predicted octanol–water partition coefficient (Wildman–Crippen LogP) is 2.76. The third kappa shape index (κ3) is 6.24. The van der Waals surface area contributed by atoms with Crippen LogP contribution in [0.5, 0.6) is 0 Å². The van der Waals surface area contributed by atoms with Crippen molar-refractivity contribution in [3.05, 3.63) is 29.8 Å². The second kappa shape index (κ2) is 10.3. The maximum Gasteiger partial charge on any atom is 0.193 e. The smallest absolute Gasteiger partial charge is 0.193 e. The van der Waals surface area contributed by atoms with Crippen LogP contribution in [0.15, 0.2) is 29.3 Å². The average molecular weight is 347 g/mol. The highest BCUT2D eigenvalue weighted by molar-refractivity contribution is 5.79. The van der Waals surface area contributed by atoms with Crippen LogP contribution in [0.3, 0.4) is 0 Å². The van der Waals surface area contributed by atoms with Crippen molar-refractivity contribution in [1.29, 1.82) is 0 Å². The van der Waals surface area contributed by atoms with Gasteiger partial charge in [0.25, 0.3) is 0 Å². The van der Waals surface area contributed by atoms with Crippen molar-refractivity contribution in [3.8, 4) is 0 Å². The molecule has 0 amide bonds. The average Bonchev–Trinajstić information content (AvgIpc) is 3.10. The minimum atomic E-state index is 0.619. The van der Waals surface area contributed by atoms with Gasteiger partial charge in [0.1, 0.15) is 0 Å². The molecule has 140 valence electrons. The highest BCUT2D eigenvalue weighted by Gasteiger charge is 2.19. The number of benzene rings is 1. The number of rotatable bonds is 8. The molecular weight excluding hydrogens is 312 g/mol. The van der Waals surface area contributed by atoms with Crippen LogP contribution in [0.1, 0.15) is 25.8 Å². The summed E-state index contributed by atoms with van der Waals surface area (Å²) in [4.78, 5) is 9.46. The van der Waals surface area contributed by atoms with Crippen LogP contribution in [0.25, 0.3) is 0 Å². The molecule has 1 saturated heterocycles.